The van der Waals surface area contributed by atoms with E-state index in [-0.39, 0.29) is 17.7 Å². The second-order valence-corrected chi connectivity index (χ2v) is 4.85. The zero-order chi connectivity index (χ0) is 19.3. The molecule has 11 heteroatoms. The zero-order valence-electron chi connectivity index (χ0n) is 13.3. The number of hydrogen-bond acceptors (Lipinski definition) is 6. The lowest BCUT2D eigenvalue weighted by Gasteiger charge is -2.11. The lowest BCUT2D eigenvalue weighted by Crippen LogP contribution is -2.13. The number of benzene rings is 1. The first kappa shape index (κ1) is 19.1. The third kappa shape index (κ3) is 4.23. The molecule has 138 valence electrons. The third-order valence-electron chi connectivity index (χ3n) is 3.09. The van der Waals surface area contributed by atoms with E-state index < -0.39 is 47.0 Å². The quantitative estimate of drug-likeness (QED) is 0.341. The Bertz CT molecular complexity index is 829. The number of anilines is 2. The summed E-state index contributed by atoms with van der Waals surface area (Å²) in [6, 6.07) is 0.0778. The minimum absolute atomic E-state index is 0.0778. The summed E-state index contributed by atoms with van der Waals surface area (Å²) >= 11 is 0. The Morgan fingerprint density at radius 3 is 2.35 bits per heavy atom. The highest BCUT2D eigenvalue weighted by atomic mass is 19.2. The fraction of sp³-hybridized carbons (Fsp3) is 0.133. The van der Waals surface area contributed by atoms with Crippen molar-refractivity contribution < 1.29 is 22.0 Å². The first-order valence-corrected chi connectivity index (χ1v) is 7.10. The molecule has 0 bridgehead atoms. The molecule has 0 unspecified atom stereocenters. The average Bonchev–Trinajstić information content (AvgIpc) is 2.62. The van der Waals surface area contributed by atoms with Crippen LogP contribution in [-0.2, 0) is 6.54 Å². The monoisotopic (exact) mass is 372 g/mol. The Morgan fingerprint density at radius 1 is 1.12 bits per heavy atom. The van der Waals surface area contributed by atoms with Crippen molar-refractivity contribution in [2.45, 2.75) is 6.54 Å². The third-order valence-corrected chi connectivity index (χ3v) is 3.09. The Balaban J connectivity index is 2.24. The zero-order valence-corrected chi connectivity index (χ0v) is 13.3. The van der Waals surface area contributed by atoms with E-state index in [1.165, 1.54) is 6.20 Å². The van der Waals surface area contributed by atoms with Crippen molar-refractivity contribution >= 4 is 18.0 Å². The van der Waals surface area contributed by atoms with Gasteiger partial charge in [-0.1, -0.05) is 0 Å². The molecule has 1 aromatic carbocycles. The molecule has 0 amide bonds. The summed E-state index contributed by atoms with van der Waals surface area (Å²) in [7, 11) is 1.59. The van der Waals surface area contributed by atoms with Gasteiger partial charge in [0.2, 0.25) is 5.95 Å². The summed E-state index contributed by atoms with van der Waals surface area (Å²) in [5.41, 5.74) is -0.695. The van der Waals surface area contributed by atoms with E-state index in [1.54, 1.807) is 7.05 Å². The van der Waals surface area contributed by atoms with E-state index in [9.17, 15) is 22.0 Å². The Morgan fingerprint density at radius 2 is 1.77 bits per heavy atom. The minimum Gasteiger partial charge on any atom is -0.392 e. The first-order valence-electron chi connectivity index (χ1n) is 7.10. The predicted octanol–water partition coefficient (Wildman–Crippen LogP) is 2.91. The van der Waals surface area contributed by atoms with Crippen LogP contribution in [0.25, 0.3) is 0 Å². The predicted molar refractivity (Wildman–Crippen MR) is 85.1 cm³/mol. The highest BCUT2D eigenvalue weighted by Gasteiger charge is 2.19. The molecule has 1 aromatic heterocycles. The van der Waals surface area contributed by atoms with Gasteiger partial charge in [-0.05, 0) is 0 Å². The van der Waals surface area contributed by atoms with Gasteiger partial charge >= 0.3 is 0 Å². The SMILES string of the molecule is CN/C=C(\C=N)Nc1ncc(F)c(NCc2c(F)c(F)cc(F)c2F)n1. The van der Waals surface area contributed by atoms with Crippen LogP contribution in [0.4, 0.5) is 33.7 Å². The first-order chi connectivity index (χ1) is 12.4. The molecule has 1 heterocycles. The van der Waals surface area contributed by atoms with E-state index in [0.717, 1.165) is 12.4 Å². The molecule has 0 fully saturated rings. The van der Waals surface area contributed by atoms with Crippen molar-refractivity contribution in [3.05, 3.63) is 58.8 Å². The van der Waals surface area contributed by atoms with Crippen LogP contribution >= 0.6 is 0 Å². The van der Waals surface area contributed by atoms with Gasteiger partial charge in [-0.15, -0.1) is 0 Å². The van der Waals surface area contributed by atoms with E-state index >= 15 is 0 Å². The molecule has 0 atom stereocenters. The molecule has 4 N–H and O–H groups in total. The van der Waals surface area contributed by atoms with Crippen LogP contribution in [0.1, 0.15) is 5.56 Å². The van der Waals surface area contributed by atoms with Crippen molar-refractivity contribution in [3.63, 3.8) is 0 Å². The average molecular weight is 372 g/mol. The van der Waals surface area contributed by atoms with Crippen molar-refractivity contribution in [1.82, 2.24) is 15.3 Å². The molecule has 0 spiro atoms. The normalized spacial score (nSPS) is 11.2. The highest BCUT2D eigenvalue weighted by molar-refractivity contribution is 5.79. The van der Waals surface area contributed by atoms with Gasteiger partial charge in [0, 0.05) is 37.6 Å². The van der Waals surface area contributed by atoms with Crippen LogP contribution in [0.3, 0.4) is 0 Å². The van der Waals surface area contributed by atoms with Crippen molar-refractivity contribution in [2.75, 3.05) is 17.7 Å². The number of aromatic nitrogens is 2. The van der Waals surface area contributed by atoms with Gasteiger partial charge in [0.1, 0.15) is 0 Å². The summed E-state index contributed by atoms with van der Waals surface area (Å²) in [6.07, 6.45) is 3.13. The molecule has 2 rings (SSSR count). The fourth-order valence-corrected chi connectivity index (χ4v) is 1.90. The van der Waals surface area contributed by atoms with Gasteiger partial charge in [-0.25, -0.2) is 26.9 Å². The molecule has 0 aliphatic heterocycles. The molecule has 6 nitrogen and oxygen atoms in total. The van der Waals surface area contributed by atoms with Crippen LogP contribution in [0.5, 0.6) is 0 Å². The largest absolute Gasteiger partial charge is 0.392 e. The number of nitrogens with one attached hydrogen (secondary N) is 4. The molecule has 0 aliphatic rings. The molecule has 0 radical (unpaired) electrons. The van der Waals surface area contributed by atoms with Crippen LogP contribution in [0.15, 0.2) is 24.2 Å². The maximum Gasteiger partial charge on any atom is 0.229 e. The Kier molecular flexibility index (Phi) is 6.04. The summed E-state index contributed by atoms with van der Waals surface area (Å²) in [5.74, 6) is -7.86. The number of halogens is 5. The van der Waals surface area contributed by atoms with Gasteiger partial charge in [-0.3, -0.25) is 0 Å². The van der Waals surface area contributed by atoms with Crippen molar-refractivity contribution in [1.29, 1.82) is 5.41 Å². The van der Waals surface area contributed by atoms with E-state index in [2.05, 4.69) is 25.9 Å². The molecular weight excluding hydrogens is 359 g/mol. The number of hydrogen-bond donors (Lipinski definition) is 4. The van der Waals surface area contributed by atoms with Gasteiger partial charge in [0.15, 0.2) is 34.9 Å². The minimum atomic E-state index is -1.59. The Hall–Kier alpha value is -3.24. The second-order valence-electron chi connectivity index (χ2n) is 4.85. The van der Waals surface area contributed by atoms with Crippen LogP contribution < -0.4 is 16.0 Å². The summed E-state index contributed by atoms with van der Waals surface area (Å²) in [4.78, 5) is 7.40. The Labute approximate surface area is 144 Å². The van der Waals surface area contributed by atoms with Crippen LogP contribution in [0.2, 0.25) is 0 Å². The molecule has 0 aliphatic carbocycles. The van der Waals surface area contributed by atoms with E-state index in [0.29, 0.717) is 0 Å². The maximum absolute atomic E-state index is 13.8. The molecule has 0 saturated heterocycles. The smallest absolute Gasteiger partial charge is 0.229 e. The van der Waals surface area contributed by atoms with Crippen LogP contribution in [0, 0.1) is 34.5 Å². The standard InChI is InChI=1S/C15H13F5N6/c1-22-4-7(3-21)25-15-24-6-11(18)14(26-15)23-5-8-12(19)9(16)2-10(17)13(8)20/h2-4,6,21-22H,5H2,1H3,(H2,23,24,25,26)/b7-4+,21-3?. The molecular formula is C15H13F5N6. The van der Waals surface area contributed by atoms with Gasteiger partial charge in [-0.2, -0.15) is 4.98 Å². The maximum atomic E-state index is 13.8. The van der Waals surface area contributed by atoms with E-state index in [1.807, 2.05) is 0 Å². The summed E-state index contributed by atoms with van der Waals surface area (Å²) in [5, 5.41) is 14.7. The number of nitrogens with zero attached hydrogens (tertiary/aromatic N) is 2. The molecule has 0 saturated carbocycles. The summed E-state index contributed by atoms with van der Waals surface area (Å²) in [6.45, 7) is -0.760. The van der Waals surface area contributed by atoms with Crippen molar-refractivity contribution in [3.8, 4) is 0 Å². The number of rotatable bonds is 7. The van der Waals surface area contributed by atoms with Gasteiger partial charge in [0.05, 0.1) is 11.9 Å². The van der Waals surface area contributed by atoms with Gasteiger partial charge < -0.3 is 21.4 Å². The molecule has 26 heavy (non-hydrogen) atoms. The topological polar surface area (TPSA) is 85.7 Å². The van der Waals surface area contributed by atoms with Crippen molar-refractivity contribution in [2.24, 2.45) is 0 Å². The van der Waals surface area contributed by atoms with E-state index in [4.69, 9.17) is 5.41 Å². The lowest BCUT2D eigenvalue weighted by molar-refractivity contribution is 0.440. The lowest BCUT2D eigenvalue weighted by atomic mass is 10.2. The fourth-order valence-electron chi connectivity index (χ4n) is 1.90. The van der Waals surface area contributed by atoms with Gasteiger partial charge in [0.25, 0.3) is 0 Å². The molecule has 2 aromatic rings. The second kappa shape index (κ2) is 8.23. The highest BCUT2D eigenvalue weighted by Crippen LogP contribution is 2.21. The van der Waals surface area contributed by atoms with Crippen LogP contribution in [-0.4, -0.2) is 23.2 Å². The summed E-state index contributed by atoms with van der Waals surface area (Å²) < 4.78 is 67.4. The number of allylic oxidation sites excluding steroid dienone is 1.